The Morgan fingerprint density at radius 1 is 1.03 bits per heavy atom. The molecular weight excluding hydrogens is 422 g/mol. The summed E-state index contributed by atoms with van der Waals surface area (Å²) in [6.07, 6.45) is 1.61. The number of aryl methyl sites for hydroxylation is 1. The first kappa shape index (κ1) is 24.5. The highest BCUT2D eigenvalue weighted by atomic mass is 32.2. The number of rotatable bonds is 11. The number of hydrogen-bond donors (Lipinski definition) is 1. The lowest BCUT2D eigenvalue weighted by Gasteiger charge is -2.14. The summed E-state index contributed by atoms with van der Waals surface area (Å²) in [6.45, 7) is 1.53. The van der Waals surface area contributed by atoms with Crippen molar-refractivity contribution in [2.75, 3.05) is 26.6 Å². The molecule has 0 aliphatic heterocycles. The molecule has 0 saturated carbocycles. The fraction of sp³-hybridized carbons (Fsp3) is 0.364. The minimum atomic E-state index is -4.05. The van der Waals surface area contributed by atoms with Crippen molar-refractivity contribution in [3.05, 3.63) is 53.6 Å². The van der Waals surface area contributed by atoms with E-state index in [0.717, 1.165) is 12.7 Å². The lowest BCUT2D eigenvalue weighted by molar-refractivity contribution is -0.119. The van der Waals surface area contributed by atoms with E-state index in [1.807, 2.05) is 12.1 Å². The van der Waals surface area contributed by atoms with E-state index in [2.05, 4.69) is 9.50 Å². The lowest BCUT2D eigenvalue weighted by Crippen LogP contribution is -2.16. The molecule has 2 aromatic carbocycles. The van der Waals surface area contributed by atoms with Gasteiger partial charge in [-0.1, -0.05) is 12.1 Å². The summed E-state index contributed by atoms with van der Waals surface area (Å²) in [4.78, 5) is 23.7. The van der Waals surface area contributed by atoms with Gasteiger partial charge in [0.05, 0.1) is 26.0 Å². The Balaban J connectivity index is 2.12. The maximum Gasteiger partial charge on any atom is 0.298 e. The molecule has 0 spiro atoms. The van der Waals surface area contributed by atoms with Crippen LogP contribution in [0.1, 0.15) is 35.7 Å². The highest BCUT2D eigenvalue weighted by Gasteiger charge is 2.21. The van der Waals surface area contributed by atoms with Crippen molar-refractivity contribution in [2.24, 2.45) is 0 Å². The fourth-order valence-electron chi connectivity index (χ4n) is 3.00. The molecule has 9 heteroatoms. The van der Waals surface area contributed by atoms with Crippen LogP contribution < -0.4 is 10.1 Å². The van der Waals surface area contributed by atoms with Crippen LogP contribution >= 0.6 is 0 Å². The second-order valence-corrected chi connectivity index (χ2v) is 8.62. The molecular formula is C22H27NO7S. The van der Waals surface area contributed by atoms with E-state index in [0.29, 0.717) is 30.6 Å². The Bertz CT molecular complexity index is 1020. The van der Waals surface area contributed by atoms with Crippen molar-refractivity contribution in [2.45, 2.75) is 37.2 Å². The van der Waals surface area contributed by atoms with E-state index in [1.54, 1.807) is 25.3 Å². The van der Waals surface area contributed by atoms with Gasteiger partial charge in [0.25, 0.3) is 16.0 Å². The molecule has 1 amide bonds. The van der Waals surface area contributed by atoms with Gasteiger partial charge in [0, 0.05) is 25.2 Å². The van der Waals surface area contributed by atoms with Crippen LogP contribution in [0.15, 0.2) is 47.4 Å². The van der Waals surface area contributed by atoms with Crippen LogP contribution in [0.5, 0.6) is 5.75 Å². The predicted octanol–water partition coefficient (Wildman–Crippen LogP) is 3.21. The summed E-state index contributed by atoms with van der Waals surface area (Å²) in [5, 5.41) is 2.61. The summed E-state index contributed by atoms with van der Waals surface area (Å²) in [7, 11) is -0.0164. The Morgan fingerprint density at radius 3 is 2.26 bits per heavy atom. The van der Waals surface area contributed by atoms with Gasteiger partial charge in [0.1, 0.15) is 16.4 Å². The summed E-state index contributed by atoms with van der Waals surface area (Å²) in [6, 6.07) is 11.2. The average Bonchev–Trinajstić information content (AvgIpc) is 2.76. The lowest BCUT2D eigenvalue weighted by atomic mass is 10.0. The molecule has 0 heterocycles. The second-order valence-electron chi connectivity index (χ2n) is 6.94. The molecule has 2 aromatic rings. The van der Waals surface area contributed by atoms with E-state index < -0.39 is 16.0 Å². The van der Waals surface area contributed by atoms with Gasteiger partial charge in [0.15, 0.2) is 0 Å². The molecule has 31 heavy (non-hydrogen) atoms. The van der Waals surface area contributed by atoms with Crippen molar-refractivity contribution >= 4 is 27.5 Å². The molecule has 8 nitrogen and oxygen atoms in total. The van der Waals surface area contributed by atoms with Crippen molar-refractivity contribution in [3.8, 4) is 5.75 Å². The molecule has 168 valence electrons. The van der Waals surface area contributed by atoms with Crippen LogP contribution in [0.2, 0.25) is 0 Å². The predicted molar refractivity (Wildman–Crippen MR) is 116 cm³/mol. The topological polar surface area (TPSA) is 108 Å². The SMILES string of the molecule is COc1ccc(NC(=O)c2ccc(CCC(CC(C)=O)OC)cc2)c(S(=O)(=O)OC)c1. The average molecular weight is 450 g/mol. The minimum Gasteiger partial charge on any atom is -0.497 e. The highest BCUT2D eigenvalue weighted by molar-refractivity contribution is 7.87. The van der Waals surface area contributed by atoms with Crippen LogP contribution in [-0.2, 0) is 30.3 Å². The quantitative estimate of drug-likeness (QED) is 0.525. The van der Waals surface area contributed by atoms with E-state index in [4.69, 9.17) is 9.47 Å². The fourth-order valence-corrected chi connectivity index (χ4v) is 3.83. The standard InChI is InChI=1S/C22H27NO7S/c1-15(24)13-18(28-2)10-7-16-5-8-17(9-6-16)22(25)23-20-12-11-19(29-3)14-21(20)31(26,27)30-4/h5-6,8-9,11-12,14,18H,7,10,13H2,1-4H3,(H,23,25). The summed E-state index contributed by atoms with van der Waals surface area (Å²) >= 11 is 0. The highest BCUT2D eigenvalue weighted by Crippen LogP contribution is 2.28. The summed E-state index contributed by atoms with van der Waals surface area (Å²) in [5.41, 5.74) is 1.45. The summed E-state index contributed by atoms with van der Waals surface area (Å²) < 4.78 is 39.4. The Hall–Kier alpha value is -2.75. The van der Waals surface area contributed by atoms with E-state index >= 15 is 0 Å². The molecule has 0 saturated heterocycles. The minimum absolute atomic E-state index is 0.0762. The number of hydrogen-bond acceptors (Lipinski definition) is 7. The number of benzene rings is 2. The number of ketones is 1. The smallest absolute Gasteiger partial charge is 0.298 e. The third-order valence-electron chi connectivity index (χ3n) is 4.75. The van der Waals surface area contributed by atoms with Gasteiger partial charge in [0.2, 0.25) is 0 Å². The third kappa shape index (κ3) is 6.88. The zero-order valence-electron chi connectivity index (χ0n) is 18.0. The third-order valence-corrected chi connectivity index (χ3v) is 6.06. The van der Waals surface area contributed by atoms with Crippen LogP contribution in [0.4, 0.5) is 5.69 Å². The van der Waals surface area contributed by atoms with Gasteiger partial charge in [-0.2, -0.15) is 8.42 Å². The molecule has 0 aromatic heterocycles. The molecule has 0 bridgehead atoms. The zero-order chi connectivity index (χ0) is 23.0. The number of ether oxygens (including phenoxy) is 2. The molecule has 1 atom stereocenters. The Labute approximate surface area is 182 Å². The van der Waals surface area contributed by atoms with Crippen LogP contribution in [0, 0.1) is 0 Å². The van der Waals surface area contributed by atoms with Gasteiger partial charge in [-0.3, -0.25) is 13.8 Å². The van der Waals surface area contributed by atoms with Gasteiger partial charge in [-0.05, 0) is 49.6 Å². The maximum absolute atomic E-state index is 12.6. The molecule has 0 radical (unpaired) electrons. The van der Waals surface area contributed by atoms with Crippen LogP contribution in [-0.4, -0.2) is 47.5 Å². The van der Waals surface area contributed by atoms with Gasteiger partial charge < -0.3 is 14.8 Å². The van der Waals surface area contributed by atoms with Crippen LogP contribution in [0.25, 0.3) is 0 Å². The van der Waals surface area contributed by atoms with Crippen LogP contribution in [0.3, 0.4) is 0 Å². The molecule has 0 aliphatic rings. The number of anilines is 1. The van der Waals surface area contributed by atoms with Crippen molar-refractivity contribution < 1.29 is 31.7 Å². The number of Topliss-reactive ketones (excluding diaryl/α,β-unsaturated/α-hetero) is 1. The largest absolute Gasteiger partial charge is 0.497 e. The normalized spacial score (nSPS) is 12.3. The van der Waals surface area contributed by atoms with E-state index in [-0.39, 0.29) is 22.5 Å². The zero-order valence-corrected chi connectivity index (χ0v) is 18.8. The van der Waals surface area contributed by atoms with Crippen molar-refractivity contribution in [1.82, 2.24) is 0 Å². The number of methoxy groups -OCH3 is 2. The van der Waals surface area contributed by atoms with Gasteiger partial charge >= 0.3 is 0 Å². The molecule has 0 aliphatic carbocycles. The Morgan fingerprint density at radius 2 is 1.71 bits per heavy atom. The molecule has 0 fully saturated rings. The number of carbonyl (C=O) groups excluding carboxylic acids is 2. The first-order valence-corrected chi connectivity index (χ1v) is 11.0. The number of amides is 1. The maximum atomic E-state index is 12.6. The monoisotopic (exact) mass is 449 g/mol. The number of carbonyl (C=O) groups is 2. The van der Waals surface area contributed by atoms with Crippen molar-refractivity contribution in [1.29, 1.82) is 0 Å². The summed E-state index contributed by atoms with van der Waals surface area (Å²) in [5.74, 6) is -0.0695. The van der Waals surface area contributed by atoms with Gasteiger partial charge in [-0.25, -0.2) is 0 Å². The molecule has 1 unspecified atom stereocenters. The Kier molecular flexibility index (Phi) is 8.73. The van der Waals surface area contributed by atoms with Gasteiger partial charge in [-0.15, -0.1) is 0 Å². The first-order valence-electron chi connectivity index (χ1n) is 9.61. The first-order chi connectivity index (χ1) is 14.7. The number of nitrogens with one attached hydrogen (secondary N) is 1. The second kappa shape index (κ2) is 11.0. The van der Waals surface area contributed by atoms with E-state index in [1.165, 1.54) is 26.2 Å². The van der Waals surface area contributed by atoms with Crippen molar-refractivity contribution in [3.63, 3.8) is 0 Å². The molecule has 2 rings (SSSR count). The molecule has 1 N–H and O–H groups in total. The van der Waals surface area contributed by atoms with E-state index in [9.17, 15) is 18.0 Å².